The van der Waals surface area contributed by atoms with Crippen LogP contribution < -0.4 is 0 Å². The van der Waals surface area contributed by atoms with Gasteiger partial charge in [0.05, 0.1) is 18.2 Å². The average molecular weight is 232 g/mol. The van der Waals surface area contributed by atoms with Gasteiger partial charge >= 0.3 is 0 Å². The van der Waals surface area contributed by atoms with Crippen LogP contribution in [0.2, 0.25) is 0 Å². The van der Waals surface area contributed by atoms with Gasteiger partial charge in [-0.05, 0) is 19.1 Å². The maximum atomic E-state index is 4.19. The van der Waals surface area contributed by atoms with Crippen LogP contribution >= 0.6 is 24.8 Å². The predicted octanol–water partition coefficient (Wildman–Crippen LogP) is 2.62. The van der Waals surface area contributed by atoms with Crippen molar-refractivity contribution in [3.8, 4) is 11.3 Å². The van der Waals surface area contributed by atoms with Gasteiger partial charge in [-0.2, -0.15) is 0 Å². The van der Waals surface area contributed by atoms with E-state index in [1.807, 2.05) is 25.3 Å². The van der Waals surface area contributed by atoms with Gasteiger partial charge in [-0.1, -0.05) is 0 Å². The van der Waals surface area contributed by atoms with Crippen molar-refractivity contribution in [3.63, 3.8) is 0 Å². The monoisotopic (exact) mass is 231 g/mol. The van der Waals surface area contributed by atoms with E-state index in [2.05, 4.69) is 15.0 Å². The number of H-pyrrole nitrogens is 1. The van der Waals surface area contributed by atoms with Crippen molar-refractivity contribution >= 4 is 24.8 Å². The van der Waals surface area contributed by atoms with E-state index < -0.39 is 0 Å². The summed E-state index contributed by atoms with van der Waals surface area (Å²) in [4.78, 5) is 11.1. The molecule has 0 spiro atoms. The molecule has 14 heavy (non-hydrogen) atoms. The zero-order valence-corrected chi connectivity index (χ0v) is 9.23. The van der Waals surface area contributed by atoms with Crippen LogP contribution in [0.5, 0.6) is 0 Å². The Kier molecular flexibility index (Phi) is 5.20. The second-order valence-electron chi connectivity index (χ2n) is 2.65. The van der Waals surface area contributed by atoms with Gasteiger partial charge < -0.3 is 4.98 Å². The standard InChI is InChI=1S/C9H9N3.2ClH/c1-7-2-3-8(4-11-7)9-5-10-6-12-9;;/h2-6H,1H3,(H,10,12);2*1H. The molecule has 0 amide bonds. The second-order valence-corrected chi connectivity index (χ2v) is 2.65. The number of pyridine rings is 1. The summed E-state index contributed by atoms with van der Waals surface area (Å²) >= 11 is 0. The number of rotatable bonds is 1. The molecule has 3 nitrogen and oxygen atoms in total. The SMILES string of the molecule is Cc1ccc(-c2cnc[nH]2)cn1.Cl.Cl. The van der Waals surface area contributed by atoms with Gasteiger partial charge in [0.25, 0.3) is 0 Å². The van der Waals surface area contributed by atoms with Crippen molar-refractivity contribution in [2.45, 2.75) is 6.92 Å². The minimum Gasteiger partial charge on any atom is -0.345 e. The molecule has 0 aromatic carbocycles. The lowest BCUT2D eigenvalue weighted by Crippen LogP contribution is -1.81. The van der Waals surface area contributed by atoms with Crippen LogP contribution in [0.3, 0.4) is 0 Å². The Morgan fingerprint density at radius 1 is 1.14 bits per heavy atom. The van der Waals surface area contributed by atoms with Crippen LogP contribution in [0.25, 0.3) is 11.3 Å². The molecule has 2 aromatic rings. The zero-order valence-electron chi connectivity index (χ0n) is 7.60. The number of hydrogen-bond donors (Lipinski definition) is 1. The van der Waals surface area contributed by atoms with E-state index in [9.17, 15) is 0 Å². The highest BCUT2D eigenvalue weighted by Gasteiger charge is 1.96. The van der Waals surface area contributed by atoms with Crippen molar-refractivity contribution in [1.82, 2.24) is 15.0 Å². The van der Waals surface area contributed by atoms with Crippen LogP contribution in [0, 0.1) is 6.92 Å². The summed E-state index contributed by atoms with van der Waals surface area (Å²) in [6.45, 7) is 1.97. The van der Waals surface area contributed by atoms with E-state index in [1.165, 1.54) is 0 Å². The normalized spacial score (nSPS) is 8.64. The molecule has 0 aliphatic heterocycles. The lowest BCUT2D eigenvalue weighted by atomic mass is 10.2. The molecule has 0 atom stereocenters. The number of nitrogens with zero attached hydrogens (tertiary/aromatic N) is 2. The van der Waals surface area contributed by atoms with Gasteiger partial charge in [0, 0.05) is 17.5 Å². The number of nitrogens with one attached hydrogen (secondary N) is 1. The maximum absolute atomic E-state index is 4.19. The molecule has 0 aliphatic rings. The molecule has 0 unspecified atom stereocenters. The number of aromatic amines is 1. The van der Waals surface area contributed by atoms with Gasteiger partial charge in [0.1, 0.15) is 0 Å². The first-order chi connectivity index (χ1) is 5.86. The number of aromatic nitrogens is 3. The highest BCUT2D eigenvalue weighted by atomic mass is 35.5. The lowest BCUT2D eigenvalue weighted by molar-refractivity contribution is 1.20. The fourth-order valence-corrected chi connectivity index (χ4v) is 1.04. The minimum absolute atomic E-state index is 0. The van der Waals surface area contributed by atoms with Gasteiger partial charge in [-0.15, -0.1) is 24.8 Å². The summed E-state index contributed by atoms with van der Waals surface area (Å²) in [6, 6.07) is 4.01. The lowest BCUT2D eigenvalue weighted by Gasteiger charge is -1.95. The molecule has 76 valence electrons. The smallest absolute Gasteiger partial charge is 0.0924 e. The molecule has 0 radical (unpaired) electrons. The van der Waals surface area contributed by atoms with Crippen molar-refractivity contribution in [1.29, 1.82) is 0 Å². The number of aryl methyl sites for hydroxylation is 1. The molecule has 0 bridgehead atoms. The summed E-state index contributed by atoms with van der Waals surface area (Å²) < 4.78 is 0. The first-order valence-corrected chi connectivity index (χ1v) is 3.77. The van der Waals surface area contributed by atoms with E-state index >= 15 is 0 Å². The van der Waals surface area contributed by atoms with Crippen LogP contribution in [-0.4, -0.2) is 15.0 Å². The predicted molar refractivity (Wildman–Crippen MR) is 61.1 cm³/mol. The Balaban J connectivity index is 0.000000845. The Morgan fingerprint density at radius 3 is 2.43 bits per heavy atom. The highest BCUT2D eigenvalue weighted by Crippen LogP contribution is 2.13. The molecule has 0 saturated carbocycles. The summed E-state index contributed by atoms with van der Waals surface area (Å²) in [7, 11) is 0. The molecule has 2 aromatic heterocycles. The van der Waals surface area contributed by atoms with Gasteiger partial charge in [0.2, 0.25) is 0 Å². The summed E-state index contributed by atoms with van der Waals surface area (Å²) in [5.41, 5.74) is 3.10. The third kappa shape index (κ3) is 2.72. The summed E-state index contributed by atoms with van der Waals surface area (Å²) in [5, 5.41) is 0. The Hall–Kier alpha value is -1.06. The molecule has 1 N–H and O–H groups in total. The van der Waals surface area contributed by atoms with Crippen molar-refractivity contribution in [2.75, 3.05) is 0 Å². The second kappa shape index (κ2) is 5.62. The molecule has 2 heterocycles. The van der Waals surface area contributed by atoms with Crippen molar-refractivity contribution in [3.05, 3.63) is 36.5 Å². The van der Waals surface area contributed by atoms with E-state index in [-0.39, 0.29) is 24.8 Å². The van der Waals surface area contributed by atoms with Crippen LogP contribution in [0.1, 0.15) is 5.69 Å². The third-order valence-corrected chi connectivity index (χ3v) is 1.72. The van der Waals surface area contributed by atoms with E-state index in [0.717, 1.165) is 17.0 Å². The van der Waals surface area contributed by atoms with E-state index in [0.29, 0.717) is 0 Å². The number of imidazole rings is 1. The van der Waals surface area contributed by atoms with E-state index in [1.54, 1.807) is 12.5 Å². The number of halogens is 2. The molecule has 5 heteroatoms. The molecule has 2 rings (SSSR count). The molecule has 0 fully saturated rings. The summed E-state index contributed by atoms with van der Waals surface area (Å²) in [6.07, 6.45) is 5.28. The van der Waals surface area contributed by atoms with E-state index in [4.69, 9.17) is 0 Å². The molecular formula is C9H11Cl2N3. The largest absolute Gasteiger partial charge is 0.345 e. The Morgan fingerprint density at radius 2 is 1.93 bits per heavy atom. The van der Waals surface area contributed by atoms with Gasteiger partial charge in [0.15, 0.2) is 0 Å². The van der Waals surface area contributed by atoms with Gasteiger partial charge in [-0.3, -0.25) is 4.98 Å². The quantitative estimate of drug-likeness (QED) is 0.821. The number of hydrogen-bond acceptors (Lipinski definition) is 2. The van der Waals surface area contributed by atoms with Crippen molar-refractivity contribution < 1.29 is 0 Å². The minimum atomic E-state index is 0. The summed E-state index contributed by atoms with van der Waals surface area (Å²) in [5.74, 6) is 0. The van der Waals surface area contributed by atoms with Crippen LogP contribution in [0.4, 0.5) is 0 Å². The zero-order chi connectivity index (χ0) is 8.39. The van der Waals surface area contributed by atoms with Gasteiger partial charge in [-0.25, -0.2) is 4.98 Å². The Bertz CT molecular complexity index is 356. The van der Waals surface area contributed by atoms with Crippen molar-refractivity contribution in [2.24, 2.45) is 0 Å². The topological polar surface area (TPSA) is 41.6 Å². The Labute approximate surface area is 94.8 Å². The fourth-order valence-electron chi connectivity index (χ4n) is 1.04. The maximum Gasteiger partial charge on any atom is 0.0924 e. The average Bonchev–Trinajstić information content (AvgIpc) is 2.58. The molecule has 0 saturated heterocycles. The molecule has 0 aliphatic carbocycles. The molecular weight excluding hydrogens is 221 g/mol. The first kappa shape index (κ1) is 12.9. The highest BCUT2D eigenvalue weighted by molar-refractivity contribution is 5.85. The van der Waals surface area contributed by atoms with Crippen LogP contribution in [0.15, 0.2) is 30.9 Å². The first-order valence-electron chi connectivity index (χ1n) is 3.77. The third-order valence-electron chi connectivity index (χ3n) is 1.72. The fraction of sp³-hybridized carbons (Fsp3) is 0.111. The van der Waals surface area contributed by atoms with Crippen LogP contribution in [-0.2, 0) is 0 Å².